The zero-order valence-electron chi connectivity index (χ0n) is 15.3. The first kappa shape index (κ1) is 19.5. The van der Waals surface area contributed by atoms with Crippen LogP contribution in [-0.4, -0.2) is 57.6 Å². The molecule has 1 aromatic heterocycles. The van der Waals surface area contributed by atoms with Gasteiger partial charge in [-0.05, 0) is 25.8 Å². The first-order chi connectivity index (χ1) is 12.3. The maximum atomic E-state index is 5.71. The van der Waals surface area contributed by atoms with E-state index in [1.54, 1.807) is 13.3 Å². The number of pyridine rings is 1. The van der Waals surface area contributed by atoms with Crippen molar-refractivity contribution in [2.75, 3.05) is 46.6 Å². The van der Waals surface area contributed by atoms with Crippen LogP contribution < -0.4 is 15.4 Å². The van der Waals surface area contributed by atoms with Crippen molar-refractivity contribution < 1.29 is 14.2 Å². The Bertz CT molecular complexity index is 519. The molecule has 2 N–H and O–H groups in total. The van der Waals surface area contributed by atoms with E-state index in [-0.39, 0.29) is 0 Å². The van der Waals surface area contributed by atoms with Gasteiger partial charge in [0.15, 0.2) is 5.96 Å². The molecular formula is C18H30N4O3. The summed E-state index contributed by atoms with van der Waals surface area (Å²) in [6, 6.07) is 3.86. The van der Waals surface area contributed by atoms with E-state index in [0.29, 0.717) is 18.3 Å². The Labute approximate surface area is 150 Å². The number of methoxy groups -OCH3 is 1. The summed E-state index contributed by atoms with van der Waals surface area (Å²) in [5, 5.41) is 6.58. The third-order valence-corrected chi connectivity index (χ3v) is 3.93. The summed E-state index contributed by atoms with van der Waals surface area (Å²) < 4.78 is 16.3. The molecule has 1 saturated heterocycles. The monoisotopic (exact) mass is 350 g/mol. The van der Waals surface area contributed by atoms with Crippen LogP contribution in [0.25, 0.3) is 0 Å². The van der Waals surface area contributed by atoms with Gasteiger partial charge in [-0.2, -0.15) is 0 Å². The van der Waals surface area contributed by atoms with Gasteiger partial charge in [-0.3, -0.25) is 0 Å². The Balaban J connectivity index is 1.68. The normalized spacial score (nSPS) is 17.5. The van der Waals surface area contributed by atoms with Gasteiger partial charge in [-0.25, -0.2) is 9.98 Å². The molecule has 0 saturated carbocycles. The Morgan fingerprint density at radius 3 is 3.12 bits per heavy atom. The largest absolute Gasteiger partial charge is 0.481 e. The predicted octanol–water partition coefficient (Wildman–Crippen LogP) is 1.59. The SMILES string of the molecule is CCNC(=NCc1cccnc1OC)NCCCOCC1CCOC1. The average Bonchev–Trinajstić information content (AvgIpc) is 3.16. The number of nitrogens with one attached hydrogen (secondary N) is 2. The van der Waals surface area contributed by atoms with Crippen molar-refractivity contribution in [1.82, 2.24) is 15.6 Å². The fourth-order valence-corrected chi connectivity index (χ4v) is 2.58. The van der Waals surface area contributed by atoms with Crippen LogP contribution in [0.2, 0.25) is 0 Å². The second-order valence-corrected chi connectivity index (χ2v) is 5.95. The van der Waals surface area contributed by atoms with Crippen LogP contribution in [0.15, 0.2) is 23.3 Å². The minimum Gasteiger partial charge on any atom is -0.481 e. The summed E-state index contributed by atoms with van der Waals surface area (Å²) in [6.07, 6.45) is 3.77. The molecule has 1 aliphatic rings. The van der Waals surface area contributed by atoms with Crippen LogP contribution in [0.5, 0.6) is 5.88 Å². The van der Waals surface area contributed by atoms with Crippen LogP contribution in [0.3, 0.4) is 0 Å². The van der Waals surface area contributed by atoms with Crippen molar-refractivity contribution in [3.8, 4) is 5.88 Å². The Morgan fingerprint density at radius 1 is 1.44 bits per heavy atom. The van der Waals surface area contributed by atoms with Gasteiger partial charge in [-0.15, -0.1) is 0 Å². The average molecular weight is 350 g/mol. The molecule has 0 spiro atoms. The van der Waals surface area contributed by atoms with E-state index in [2.05, 4.69) is 27.5 Å². The van der Waals surface area contributed by atoms with Crippen LogP contribution in [0.1, 0.15) is 25.3 Å². The summed E-state index contributed by atoms with van der Waals surface area (Å²) in [6.45, 7) is 7.46. The van der Waals surface area contributed by atoms with Crippen molar-refractivity contribution in [3.05, 3.63) is 23.9 Å². The van der Waals surface area contributed by atoms with Crippen LogP contribution >= 0.6 is 0 Å². The lowest BCUT2D eigenvalue weighted by molar-refractivity contribution is 0.0888. The van der Waals surface area contributed by atoms with Crippen LogP contribution in [0.4, 0.5) is 0 Å². The summed E-state index contributed by atoms with van der Waals surface area (Å²) in [4.78, 5) is 8.78. The molecule has 0 radical (unpaired) electrons. The Hall–Kier alpha value is -1.86. The maximum Gasteiger partial charge on any atom is 0.218 e. The second-order valence-electron chi connectivity index (χ2n) is 5.95. The van der Waals surface area contributed by atoms with Crippen molar-refractivity contribution in [3.63, 3.8) is 0 Å². The third-order valence-electron chi connectivity index (χ3n) is 3.93. The molecule has 1 atom stereocenters. The molecular weight excluding hydrogens is 320 g/mol. The van der Waals surface area contributed by atoms with E-state index in [4.69, 9.17) is 14.2 Å². The molecule has 1 aromatic rings. The summed E-state index contributed by atoms with van der Waals surface area (Å²) in [5.74, 6) is 1.98. The number of aromatic nitrogens is 1. The lowest BCUT2D eigenvalue weighted by Gasteiger charge is -2.12. The lowest BCUT2D eigenvalue weighted by atomic mass is 10.1. The number of hydrogen-bond acceptors (Lipinski definition) is 5. The van der Waals surface area contributed by atoms with Gasteiger partial charge in [0.05, 0.1) is 26.9 Å². The third kappa shape index (κ3) is 7.27. The number of nitrogens with zero attached hydrogens (tertiary/aromatic N) is 2. The predicted molar refractivity (Wildman–Crippen MR) is 98.0 cm³/mol. The van der Waals surface area contributed by atoms with Crippen molar-refractivity contribution in [2.24, 2.45) is 10.9 Å². The topological polar surface area (TPSA) is 77.0 Å². The van der Waals surface area contributed by atoms with E-state index in [9.17, 15) is 0 Å². The van der Waals surface area contributed by atoms with Gasteiger partial charge in [0.2, 0.25) is 5.88 Å². The molecule has 1 unspecified atom stereocenters. The first-order valence-corrected chi connectivity index (χ1v) is 8.99. The van der Waals surface area contributed by atoms with Crippen LogP contribution in [0, 0.1) is 5.92 Å². The second kappa shape index (κ2) is 11.7. The molecule has 0 amide bonds. The molecule has 2 rings (SSSR count). The highest BCUT2D eigenvalue weighted by molar-refractivity contribution is 5.79. The Kier molecular flexibility index (Phi) is 9.07. The van der Waals surface area contributed by atoms with E-state index >= 15 is 0 Å². The highest BCUT2D eigenvalue weighted by Crippen LogP contribution is 2.14. The summed E-state index contributed by atoms with van der Waals surface area (Å²) in [7, 11) is 1.62. The van der Waals surface area contributed by atoms with Gasteiger partial charge < -0.3 is 24.8 Å². The zero-order valence-corrected chi connectivity index (χ0v) is 15.3. The van der Waals surface area contributed by atoms with Gasteiger partial charge in [0.25, 0.3) is 0 Å². The first-order valence-electron chi connectivity index (χ1n) is 8.99. The van der Waals surface area contributed by atoms with E-state index in [0.717, 1.165) is 63.9 Å². The molecule has 25 heavy (non-hydrogen) atoms. The molecule has 2 heterocycles. The molecule has 7 nitrogen and oxygen atoms in total. The minimum atomic E-state index is 0.518. The van der Waals surface area contributed by atoms with Crippen molar-refractivity contribution >= 4 is 5.96 Å². The summed E-state index contributed by atoms with van der Waals surface area (Å²) in [5.41, 5.74) is 0.962. The number of hydrogen-bond donors (Lipinski definition) is 2. The van der Waals surface area contributed by atoms with Gasteiger partial charge >= 0.3 is 0 Å². The molecule has 140 valence electrons. The fraction of sp³-hybridized carbons (Fsp3) is 0.667. The maximum absolute atomic E-state index is 5.71. The number of ether oxygens (including phenoxy) is 3. The highest BCUT2D eigenvalue weighted by atomic mass is 16.5. The van der Waals surface area contributed by atoms with Crippen molar-refractivity contribution in [2.45, 2.75) is 26.3 Å². The molecule has 1 aliphatic heterocycles. The van der Waals surface area contributed by atoms with Gasteiger partial charge in [-0.1, -0.05) is 6.07 Å². The Morgan fingerprint density at radius 2 is 2.36 bits per heavy atom. The van der Waals surface area contributed by atoms with Crippen LogP contribution in [-0.2, 0) is 16.0 Å². The number of guanidine groups is 1. The van der Waals surface area contributed by atoms with Gasteiger partial charge in [0, 0.05) is 44.0 Å². The number of aliphatic imine (C=N–C) groups is 1. The minimum absolute atomic E-state index is 0.518. The molecule has 1 fully saturated rings. The summed E-state index contributed by atoms with van der Waals surface area (Å²) >= 11 is 0. The molecule has 0 bridgehead atoms. The van der Waals surface area contributed by atoms with Gasteiger partial charge in [0.1, 0.15) is 0 Å². The molecule has 0 aliphatic carbocycles. The van der Waals surface area contributed by atoms with E-state index in [1.165, 1.54) is 0 Å². The number of rotatable bonds is 10. The standard InChI is InChI=1S/C18H30N4O3/c1-3-19-18(22-12-16-6-4-8-20-17(16)23-2)21-9-5-10-24-13-15-7-11-25-14-15/h4,6,8,15H,3,5,7,9-14H2,1-2H3,(H2,19,21,22). The lowest BCUT2D eigenvalue weighted by Crippen LogP contribution is -2.38. The smallest absolute Gasteiger partial charge is 0.218 e. The molecule has 7 heteroatoms. The highest BCUT2D eigenvalue weighted by Gasteiger charge is 2.15. The quantitative estimate of drug-likeness (QED) is 0.379. The zero-order chi connectivity index (χ0) is 17.7. The molecule has 0 aromatic carbocycles. The fourth-order valence-electron chi connectivity index (χ4n) is 2.58. The van der Waals surface area contributed by atoms with E-state index < -0.39 is 0 Å². The van der Waals surface area contributed by atoms with Crippen molar-refractivity contribution in [1.29, 1.82) is 0 Å². The van der Waals surface area contributed by atoms with E-state index in [1.807, 2.05) is 12.1 Å².